The van der Waals surface area contributed by atoms with Gasteiger partial charge in [-0.15, -0.1) is 0 Å². The van der Waals surface area contributed by atoms with Crippen LogP contribution in [0, 0.1) is 17.6 Å². The average Bonchev–Trinajstić information content (AvgIpc) is 2.45. The molecule has 0 bridgehead atoms. The second-order valence-corrected chi connectivity index (χ2v) is 5.38. The molecule has 1 amide bonds. The molecule has 3 nitrogen and oxygen atoms in total. The molecule has 20 heavy (non-hydrogen) atoms. The van der Waals surface area contributed by atoms with E-state index in [0.29, 0.717) is 12.5 Å². The maximum Gasteiger partial charge on any atom is 0.226 e. The number of piperidine rings is 1. The number of nitrogens with zero attached hydrogens (tertiary/aromatic N) is 1. The van der Waals surface area contributed by atoms with Crippen molar-refractivity contribution in [3.05, 3.63) is 35.4 Å². The fourth-order valence-corrected chi connectivity index (χ4v) is 2.55. The Hall–Kier alpha value is -1.49. The van der Waals surface area contributed by atoms with Crippen LogP contribution in [0.1, 0.15) is 18.4 Å². The fourth-order valence-electron chi connectivity index (χ4n) is 2.55. The molecular formula is C15H20F2N2O. The molecule has 0 saturated carbocycles. The summed E-state index contributed by atoms with van der Waals surface area (Å²) in [4.78, 5) is 13.7. The Labute approximate surface area is 118 Å². The van der Waals surface area contributed by atoms with Crippen molar-refractivity contribution in [1.29, 1.82) is 0 Å². The highest BCUT2D eigenvalue weighted by Crippen LogP contribution is 2.15. The van der Waals surface area contributed by atoms with Gasteiger partial charge in [0.1, 0.15) is 0 Å². The number of nitrogens with one attached hydrogen (secondary N) is 1. The van der Waals surface area contributed by atoms with Gasteiger partial charge in [-0.25, -0.2) is 8.78 Å². The minimum atomic E-state index is -0.923. The van der Waals surface area contributed by atoms with Crippen LogP contribution in [0.5, 0.6) is 0 Å². The molecule has 2 rings (SSSR count). The van der Waals surface area contributed by atoms with Gasteiger partial charge in [0.25, 0.3) is 0 Å². The second-order valence-electron chi connectivity index (χ2n) is 5.38. The van der Waals surface area contributed by atoms with Crippen LogP contribution in [0.15, 0.2) is 18.2 Å². The van der Waals surface area contributed by atoms with Crippen molar-refractivity contribution in [2.75, 3.05) is 26.7 Å². The lowest BCUT2D eigenvalue weighted by Crippen LogP contribution is -2.39. The SMILES string of the molecule is CN(CC1CCCNC1)C(=O)Cc1cccc(F)c1F. The summed E-state index contributed by atoms with van der Waals surface area (Å²) in [5.41, 5.74) is 0.114. The Bertz CT molecular complexity index is 473. The number of hydrogen-bond acceptors (Lipinski definition) is 2. The zero-order valence-corrected chi connectivity index (χ0v) is 11.7. The van der Waals surface area contributed by atoms with E-state index in [9.17, 15) is 13.6 Å². The summed E-state index contributed by atoms with van der Waals surface area (Å²) in [6, 6.07) is 3.93. The third-order valence-electron chi connectivity index (χ3n) is 3.73. The molecule has 0 aromatic heterocycles. The first-order chi connectivity index (χ1) is 9.58. The maximum absolute atomic E-state index is 13.5. The number of amides is 1. The zero-order valence-electron chi connectivity index (χ0n) is 11.7. The van der Waals surface area contributed by atoms with E-state index in [2.05, 4.69) is 5.32 Å². The Morgan fingerprint density at radius 3 is 2.95 bits per heavy atom. The van der Waals surface area contributed by atoms with Crippen LogP contribution < -0.4 is 5.32 Å². The minimum absolute atomic E-state index is 0.0970. The van der Waals surface area contributed by atoms with Crippen LogP contribution in [0.3, 0.4) is 0 Å². The van der Waals surface area contributed by atoms with Crippen LogP contribution >= 0.6 is 0 Å². The number of halogens is 2. The van der Waals surface area contributed by atoms with E-state index in [0.717, 1.165) is 32.0 Å². The summed E-state index contributed by atoms with van der Waals surface area (Å²) < 4.78 is 26.6. The molecule has 1 unspecified atom stereocenters. The summed E-state index contributed by atoms with van der Waals surface area (Å²) in [7, 11) is 1.72. The van der Waals surface area contributed by atoms with E-state index in [1.165, 1.54) is 12.1 Å². The Morgan fingerprint density at radius 1 is 1.45 bits per heavy atom. The third-order valence-corrected chi connectivity index (χ3v) is 3.73. The third kappa shape index (κ3) is 3.76. The number of hydrogen-bond donors (Lipinski definition) is 1. The van der Waals surface area contributed by atoms with Gasteiger partial charge in [-0.3, -0.25) is 4.79 Å². The normalized spacial score (nSPS) is 18.9. The van der Waals surface area contributed by atoms with Crippen molar-refractivity contribution in [3.63, 3.8) is 0 Å². The number of carbonyl (C=O) groups is 1. The summed E-state index contributed by atoms with van der Waals surface area (Å²) in [6.07, 6.45) is 2.12. The molecule has 0 spiro atoms. The molecule has 1 heterocycles. The number of likely N-dealkylation sites (N-methyl/N-ethyl adjacent to an activating group) is 1. The standard InChI is InChI=1S/C15H20F2N2O/c1-19(10-11-4-3-7-18-9-11)14(20)8-12-5-2-6-13(16)15(12)17/h2,5-6,11,18H,3-4,7-10H2,1H3. The highest BCUT2D eigenvalue weighted by Gasteiger charge is 2.19. The molecule has 1 aromatic rings. The van der Waals surface area contributed by atoms with Crippen molar-refractivity contribution in [1.82, 2.24) is 10.2 Å². The van der Waals surface area contributed by atoms with Gasteiger partial charge in [-0.1, -0.05) is 12.1 Å². The summed E-state index contributed by atoms with van der Waals surface area (Å²) in [6.45, 7) is 2.59. The molecule has 1 fully saturated rings. The van der Waals surface area contributed by atoms with Gasteiger partial charge < -0.3 is 10.2 Å². The lowest BCUT2D eigenvalue weighted by Gasteiger charge is -2.27. The molecule has 0 radical (unpaired) electrons. The van der Waals surface area contributed by atoms with Crippen molar-refractivity contribution in [2.45, 2.75) is 19.3 Å². The van der Waals surface area contributed by atoms with Crippen molar-refractivity contribution in [3.8, 4) is 0 Å². The number of carbonyl (C=O) groups excluding carboxylic acids is 1. The van der Waals surface area contributed by atoms with Gasteiger partial charge in [-0.05, 0) is 37.9 Å². The van der Waals surface area contributed by atoms with Gasteiger partial charge in [0.15, 0.2) is 11.6 Å². The van der Waals surface area contributed by atoms with Crippen LogP contribution in [-0.4, -0.2) is 37.5 Å². The van der Waals surface area contributed by atoms with Crippen molar-refractivity contribution in [2.24, 2.45) is 5.92 Å². The van der Waals surface area contributed by atoms with Crippen LogP contribution in [-0.2, 0) is 11.2 Å². The van der Waals surface area contributed by atoms with E-state index in [1.807, 2.05) is 0 Å². The first-order valence-electron chi connectivity index (χ1n) is 6.95. The smallest absolute Gasteiger partial charge is 0.226 e. The molecule has 110 valence electrons. The van der Waals surface area contributed by atoms with E-state index in [4.69, 9.17) is 0 Å². The fraction of sp³-hybridized carbons (Fsp3) is 0.533. The largest absolute Gasteiger partial charge is 0.345 e. The summed E-state index contributed by atoms with van der Waals surface area (Å²) in [5.74, 6) is -1.57. The summed E-state index contributed by atoms with van der Waals surface area (Å²) in [5, 5.41) is 3.30. The van der Waals surface area contributed by atoms with Crippen LogP contribution in [0.25, 0.3) is 0 Å². The van der Waals surface area contributed by atoms with Gasteiger partial charge in [0.05, 0.1) is 6.42 Å². The van der Waals surface area contributed by atoms with Gasteiger partial charge >= 0.3 is 0 Å². The zero-order chi connectivity index (χ0) is 14.5. The number of benzene rings is 1. The molecule has 5 heteroatoms. The minimum Gasteiger partial charge on any atom is -0.345 e. The number of rotatable bonds is 4. The molecule has 1 N–H and O–H groups in total. The average molecular weight is 282 g/mol. The monoisotopic (exact) mass is 282 g/mol. The van der Waals surface area contributed by atoms with E-state index < -0.39 is 11.6 Å². The van der Waals surface area contributed by atoms with E-state index in [1.54, 1.807) is 11.9 Å². The van der Waals surface area contributed by atoms with Crippen molar-refractivity contribution >= 4 is 5.91 Å². The molecule has 1 saturated heterocycles. The van der Waals surface area contributed by atoms with Gasteiger partial charge in [0.2, 0.25) is 5.91 Å². The molecule has 1 aromatic carbocycles. The van der Waals surface area contributed by atoms with Gasteiger partial charge in [0, 0.05) is 19.2 Å². The quantitative estimate of drug-likeness (QED) is 0.915. The second kappa shape index (κ2) is 6.79. The predicted molar refractivity (Wildman–Crippen MR) is 73.3 cm³/mol. The molecule has 1 aliphatic heterocycles. The topological polar surface area (TPSA) is 32.3 Å². The molecular weight excluding hydrogens is 262 g/mol. The van der Waals surface area contributed by atoms with E-state index in [-0.39, 0.29) is 17.9 Å². The molecule has 1 atom stereocenters. The van der Waals surface area contributed by atoms with Crippen LogP contribution in [0.2, 0.25) is 0 Å². The van der Waals surface area contributed by atoms with Gasteiger partial charge in [-0.2, -0.15) is 0 Å². The molecule has 0 aliphatic carbocycles. The lowest BCUT2D eigenvalue weighted by atomic mass is 9.99. The highest BCUT2D eigenvalue weighted by atomic mass is 19.2. The van der Waals surface area contributed by atoms with Crippen molar-refractivity contribution < 1.29 is 13.6 Å². The maximum atomic E-state index is 13.5. The Balaban J connectivity index is 1.91. The first kappa shape index (κ1) is 14.9. The Morgan fingerprint density at radius 2 is 2.25 bits per heavy atom. The first-order valence-corrected chi connectivity index (χ1v) is 6.95. The predicted octanol–water partition coefficient (Wildman–Crippen LogP) is 1.97. The highest BCUT2D eigenvalue weighted by molar-refractivity contribution is 5.78. The lowest BCUT2D eigenvalue weighted by molar-refractivity contribution is -0.129. The van der Waals surface area contributed by atoms with Crippen LogP contribution in [0.4, 0.5) is 8.78 Å². The molecule has 1 aliphatic rings. The summed E-state index contributed by atoms with van der Waals surface area (Å²) >= 11 is 0. The Kier molecular flexibility index (Phi) is 5.06. The van der Waals surface area contributed by atoms with E-state index >= 15 is 0 Å².